The largest absolute Gasteiger partial charge is 0.380 e. The maximum atomic E-state index is 11.4. The molecule has 0 saturated carbocycles. The van der Waals surface area contributed by atoms with Crippen LogP contribution in [0.25, 0.3) is 0 Å². The van der Waals surface area contributed by atoms with Crippen LogP contribution in [-0.4, -0.2) is 18.2 Å². The number of aryl methyl sites for hydroxylation is 2. The lowest BCUT2D eigenvalue weighted by molar-refractivity contribution is 0.598. The molecule has 2 aromatic rings. The molecule has 1 aromatic carbocycles. The predicted octanol–water partition coefficient (Wildman–Crippen LogP) is 1.65. The Balaban J connectivity index is 2.28. The molecule has 23 heavy (non-hydrogen) atoms. The molecular weight excluding hydrogens is 314 g/mol. The number of benzene rings is 1. The maximum Gasteiger partial charge on any atom is 0.238 e. The Morgan fingerprint density at radius 2 is 2.09 bits per heavy atom. The quantitative estimate of drug-likeness (QED) is 0.863. The van der Waals surface area contributed by atoms with E-state index in [-0.39, 0.29) is 10.5 Å². The van der Waals surface area contributed by atoms with Crippen molar-refractivity contribution in [2.45, 2.75) is 38.8 Å². The van der Waals surface area contributed by atoms with Crippen molar-refractivity contribution in [3.8, 4) is 6.07 Å². The molecule has 3 N–H and O–H groups in total. The second-order valence-corrected chi connectivity index (χ2v) is 6.74. The van der Waals surface area contributed by atoms with Crippen LogP contribution in [0.15, 0.2) is 23.1 Å². The fourth-order valence-corrected chi connectivity index (χ4v) is 2.97. The zero-order valence-corrected chi connectivity index (χ0v) is 14.1. The van der Waals surface area contributed by atoms with Crippen LogP contribution in [0.1, 0.15) is 29.4 Å². The molecular formula is C15H19N5O2S. The summed E-state index contributed by atoms with van der Waals surface area (Å²) in [6.45, 7) is 7.25. The fraction of sp³-hybridized carbons (Fsp3) is 0.333. The van der Waals surface area contributed by atoms with E-state index in [1.165, 1.54) is 12.1 Å². The highest BCUT2D eigenvalue weighted by Gasteiger charge is 2.13. The van der Waals surface area contributed by atoms with Crippen molar-refractivity contribution < 1.29 is 8.42 Å². The second-order valence-electron chi connectivity index (χ2n) is 5.18. The van der Waals surface area contributed by atoms with E-state index in [2.05, 4.69) is 10.4 Å². The van der Waals surface area contributed by atoms with Crippen LogP contribution in [0, 0.1) is 25.2 Å². The monoisotopic (exact) mass is 333 g/mol. The Kier molecular flexibility index (Phi) is 4.73. The van der Waals surface area contributed by atoms with Gasteiger partial charge in [-0.1, -0.05) is 0 Å². The van der Waals surface area contributed by atoms with E-state index in [1.807, 2.05) is 31.5 Å². The van der Waals surface area contributed by atoms with E-state index >= 15 is 0 Å². The summed E-state index contributed by atoms with van der Waals surface area (Å²) in [5.74, 6) is 0. The Bertz CT molecular complexity index is 878. The number of hydrogen-bond acceptors (Lipinski definition) is 5. The number of anilines is 1. The van der Waals surface area contributed by atoms with Crippen LogP contribution in [0.4, 0.5) is 5.69 Å². The molecule has 122 valence electrons. The third-order valence-corrected chi connectivity index (χ3v) is 4.64. The van der Waals surface area contributed by atoms with Gasteiger partial charge in [-0.2, -0.15) is 10.4 Å². The number of nitriles is 1. The molecule has 0 atom stereocenters. The van der Waals surface area contributed by atoms with Crippen molar-refractivity contribution in [3.05, 3.63) is 40.7 Å². The zero-order valence-electron chi connectivity index (χ0n) is 13.3. The van der Waals surface area contributed by atoms with Gasteiger partial charge in [-0.05, 0) is 39.0 Å². The number of sulfonamides is 1. The highest BCUT2D eigenvalue weighted by Crippen LogP contribution is 2.21. The minimum Gasteiger partial charge on any atom is -0.380 e. The van der Waals surface area contributed by atoms with Crippen LogP contribution < -0.4 is 10.5 Å². The van der Waals surface area contributed by atoms with Crippen molar-refractivity contribution in [2.75, 3.05) is 5.32 Å². The van der Waals surface area contributed by atoms with Crippen molar-refractivity contribution in [1.29, 1.82) is 5.26 Å². The van der Waals surface area contributed by atoms with Crippen molar-refractivity contribution >= 4 is 15.7 Å². The smallest absolute Gasteiger partial charge is 0.238 e. The molecule has 0 aliphatic rings. The lowest BCUT2D eigenvalue weighted by Gasteiger charge is -2.10. The second kappa shape index (κ2) is 6.40. The highest BCUT2D eigenvalue weighted by molar-refractivity contribution is 7.89. The van der Waals surface area contributed by atoms with Crippen LogP contribution in [0.3, 0.4) is 0 Å². The molecule has 0 bridgehead atoms. The first-order valence-electron chi connectivity index (χ1n) is 7.11. The van der Waals surface area contributed by atoms with Crippen molar-refractivity contribution in [3.63, 3.8) is 0 Å². The van der Waals surface area contributed by atoms with E-state index in [0.29, 0.717) is 12.2 Å². The van der Waals surface area contributed by atoms with Gasteiger partial charge in [0, 0.05) is 24.3 Å². The number of primary sulfonamides is 1. The van der Waals surface area contributed by atoms with Crippen LogP contribution in [0.5, 0.6) is 0 Å². The topological polar surface area (TPSA) is 114 Å². The predicted molar refractivity (Wildman–Crippen MR) is 87.2 cm³/mol. The molecule has 0 aliphatic heterocycles. The van der Waals surface area contributed by atoms with Gasteiger partial charge in [-0.15, -0.1) is 0 Å². The first kappa shape index (κ1) is 17.0. The van der Waals surface area contributed by atoms with Crippen LogP contribution in [0.2, 0.25) is 0 Å². The van der Waals surface area contributed by atoms with Gasteiger partial charge in [0.15, 0.2) is 0 Å². The summed E-state index contributed by atoms with van der Waals surface area (Å²) in [6, 6.07) is 6.19. The van der Waals surface area contributed by atoms with E-state index in [9.17, 15) is 13.7 Å². The highest BCUT2D eigenvalue weighted by atomic mass is 32.2. The molecule has 0 fully saturated rings. The average Bonchev–Trinajstić information content (AvgIpc) is 2.78. The minimum absolute atomic E-state index is 0.0780. The van der Waals surface area contributed by atoms with Gasteiger partial charge >= 0.3 is 0 Å². The minimum atomic E-state index is -3.82. The van der Waals surface area contributed by atoms with Gasteiger partial charge in [0.05, 0.1) is 21.8 Å². The summed E-state index contributed by atoms with van der Waals surface area (Å²) >= 11 is 0. The normalized spacial score (nSPS) is 11.3. The van der Waals surface area contributed by atoms with Crippen molar-refractivity contribution in [2.24, 2.45) is 5.14 Å². The van der Waals surface area contributed by atoms with E-state index in [0.717, 1.165) is 23.5 Å². The number of hydrogen-bond donors (Lipinski definition) is 2. The number of nitrogens with zero attached hydrogens (tertiary/aromatic N) is 3. The fourth-order valence-electron chi connectivity index (χ4n) is 2.43. The standard InChI is InChI=1S/C15H19N5O2S/c1-4-20-11(3)14(10(2)19-20)9-18-15-6-5-13(23(17,21)22)7-12(15)8-16/h5-7,18H,4,9H2,1-3H3,(H2,17,21,22). The molecule has 0 unspecified atom stereocenters. The zero-order chi connectivity index (χ0) is 17.2. The summed E-state index contributed by atoms with van der Waals surface area (Å²) < 4.78 is 24.6. The van der Waals surface area contributed by atoms with Gasteiger partial charge in [-0.3, -0.25) is 4.68 Å². The summed E-state index contributed by atoms with van der Waals surface area (Å²) in [4.78, 5) is -0.0780. The third-order valence-electron chi connectivity index (χ3n) is 3.73. The van der Waals surface area contributed by atoms with Gasteiger partial charge in [-0.25, -0.2) is 13.6 Å². The van der Waals surface area contributed by atoms with Gasteiger partial charge in [0.2, 0.25) is 10.0 Å². The third kappa shape index (κ3) is 3.52. The first-order valence-corrected chi connectivity index (χ1v) is 8.66. The SMILES string of the molecule is CCn1nc(C)c(CNc2ccc(S(N)(=O)=O)cc2C#N)c1C. The maximum absolute atomic E-state index is 11.4. The van der Waals surface area contributed by atoms with Crippen LogP contribution >= 0.6 is 0 Å². The summed E-state index contributed by atoms with van der Waals surface area (Å²) in [5, 5.41) is 21.9. The molecule has 1 aromatic heterocycles. The Morgan fingerprint density at radius 1 is 1.39 bits per heavy atom. The van der Waals surface area contributed by atoms with E-state index in [1.54, 1.807) is 6.07 Å². The van der Waals surface area contributed by atoms with Gasteiger partial charge < -0.3 is 5.32 Å². The summed E-state index contributed by atoms with van der Waals surface area (Å²) in [6.07, 6.45) is 0. The molecule has 7 nitrogen and oxygen atoms in total. The molecule has 0 amide bonds. The molecule has 2 rings (SSSR count). The summed E-state index contributed by atoms with van der Waals surface area (Å²) in [5.41, 5.74) is 3.85. The molecule has 0 saturated heterocycles. The van der Waals surface area contributed by atoms with Gasteiger partial charge in [0.25, 0.3) is 0 Å². The molecule has 1 heterocycles. The van der Waals surface area contributed by atoms with E-state index in [4.69, 9.17) is 5.14 Å². The molecule has 0 radical (unpaired) electrons. The molecule has 8 heteroatoms. The number of rotatable bonds is 5. The van der Waals surface area contributed by atoms with E-state index < -0.39 is 10.0 Å². The molecule has 0 spiro atoms. The Morgan fingerprint density at radius 3 is 2.61 bits per heavy atom. The lowest BCUT2D eigenvalue weighted by Crippen LogP contribution is -2.13. The number of nitrogens with two attached hydrogens (primary N) is 1. The average molecular weight is 333 g/mol. The number of aromatic nitrogens is 2. The number of nitrogens with one attached hydrogen (secondary N) is 1. The Labute approximate surface area is 135 Å². The Hall–Kier alpha value is -2.37. The van der Waals surface area contributed by atoms with Gasteiger partial charge in [0.1, 0.15) is 6.07 Å². The summed E-state index contributed by atoms with van der Waals surface area (Å²) in [7, 11) is -3.82. The van der Waals surface area contributed by atoms with Crippen LogP contribution in [-0.2, 0) is 23.1 Å². The molecule has 0 aliphatic carbocycles. The van der Waals surface area contributed by atoms with Crippen molar-refractivity contribution in [1.82, 2.24) is 9.78 Å². The lowest BCUT2D eigenvalue weighted by atomic mass is 10.1. The first-order chi connectivity index (χ1) is 10.8.